The Morgan fingerprint density at radius 2 is 2.05 bits per heavy atom. The molecule has 0 atom stereocenters. The molecule has 0 saturated carbocycles. The van der Waals surface area contributed by atoms with Gasteiger partial charge in [-0.25, -0.2) is 9.89 Å². The van der Waals surface area contributed by atoms with Crippen molar-refractivity contribution < 1.29 is 4.74 Å². The third kappa shape index (κ3) is 3.60. The average Bonchev–Trinajstić information content (AvgIpc) is 2.74. The summed E-state index contributed by atoms with van der Waals surface area (Å²) in [6.07, 6.45) is 0.0479. The summed E-state index contributed by atoms with van der Waals surface area (Å²) in [5, 5.41) is 7.16. The number of aromatic amines is 1. The Kier molecular flexibility index (Phi) is 4.62. The molecule has 0 radical (unpaired) electrons. The molecule has 0 aliphatic rings. The number of hydrogen-bond acceptors (Lipinski definition) is 5. The molecule has 21 heavy (non-hydrogen) atoms. The summed E-state index contributed by atoms with van der Waals surface area (Å²) >= 11 is 1.40. The van der Waals surface area contributed by atoms with Crippen LogP contribution in [0.15, 0.2) is 33.0 Å². The highest BCUT2D eigenvalue weighted by Crippen LogP contribution is 2.32. The van der Waals surface area contributed by atoms with Gasteiger partial charge in [-0.15, -0.1) is 5.10 Å². The number of aromatic nitrogens is 3. The highest BCUT2D eigenvalue weighted by molar-refractivity contribution is 7.99. The zero-order chi connectivity index (χ0) is 15.6. The molecule has 6 nitrogen and oxygen atoms in total. The van der Waals surface area contributed by atoms with Gasteiger partial charge in [0.1, 0.15) is 5.75 Å². The van der Waals surface area contributed by atoms with E-state index in [1.54, 1.807) is 10.6 Å². The Morgan fingerprint density at radius 1 is 1.33 bits per heavy atom. The number of anilines is 1. The van der Waals surface area contributed by atoms with Crippen LogP contribution in [0.2, 0.25) is 0 Å². The fraction of sp³-hybridized carbons (Fsp3) is 0.429. The fourth-order valence-corrected chi connectivity index (χ4v) is 2.85. The number of benzene rings is 1. The number of rotatable bonds is 5. The Bertz CT molecular complexity index is 676. The highest BCUT2D eigenvalue weighted by Gasteiger charge is 2.14. The van der Waals surface area contributed by atoms with Gasteiger partial charge in [0, 0.05) is 10.9 Å². The van der Waals surface area contributed by atoms with Crippen LogP contribution < -0.4 is 16.2 Å². The SMILES string of the molecule is CC(C)Oc1cc(Sc2n[nH]c(=O)n2C(C)C)ccc1N. The number of H-pyrrole nitrogens is 1. The van der Waals surface area contributed by atoms with E-state index in [4.69, 9.17) is 10.5 Å². The summed E-state index contributed by atoms with van der Waals surface area (Å²) in [6, 6.07) is 5.59. The molecule has 0 fully saturated rings. The van der Waals surface area contributed by atoms with Gasteiger partial charge in [0.05, 0.1) is 11.8 Å². The van der Waals surface area contributed by atoms with Crippen molar-refractivity contribution in [3.05, 3.63) is 28.7 Å². The first-order valence-corrected chi connectivity index (χ1v) is 7.61. The van der Waals surface area contributed by atoms with Crippen LogP contribution in [0, 0.1) is 0 Å². The van der Waals surface area contributed by atoms with E-state index in [-0.39, 0.29) is 17.8 Å². The minimum atomic E-state index is -0.207. The van der Waals surface area contributed by atoms with Crippen LogP contribution in [-0.4, -0.2) is 20.9 Å². The van der Waals surface area contributed by atoms with Crippen molar-refractivity contribution >= 4 is 17.4 Å². The molecular formula is C14H20N4O2S. The molecule has 0 saturated heterocycles. The summed E-state index contributed by atoms with van der Waals surface area (Å²) in [5.41, 5.74) is 6.29. The van der Waals surface area contributed by atoms with Crippen molar-refractivity contribution in [1.29, 1.82) is 0 Å². The molecule has 0 aliphatic carbocycles. The lowest BCUT2D eigenvalue weighted by atomic mass is 10.3. The molecule has 7 heteroatoms. The van der Waals surface area contributed by atoms with Crippen LogP contribution in [0.3, 0.4) is 0 Å². The second-order valence-corrected chi connectivity index (χ2v) is 6.28. The predicted octanol–water partition coefficient (Wildman–Crippen LogP) is 2.67. The molecule has 1 aromatic heterocycles. The third-order valence-electron chi connectivity index (χ3n) is 2.75. The van der Waals surface area contributed by atoms with E-state index in [1.165, 1.54) is 11.8 Å². The molecule has 1 heterocycles. The van der Waals surface area contributed by atoms with Crippen molar-refractivity contribution in [2.45, 2.75) is 49.9 Å². The summed E-state index contributed by atoms with van der Waals surface area (Å²) in [4.78, 5) is 12.6. The summed E-state index contributed by atoms with van der Waals surface area (Å²) in [6.45, 7) is 7.78. The van der Waals surface area contributed by atoms with E-state index in [0.717, 1.165) is 4.90 Å². The minimum Gasteiger partial charge on any atom is -0.489 e. The van der Waals surface area contributed by atoms with Crippen molar-refractivity contribution in [2.75, 3.05) is 5.73 Å². The maximum absolute atomic E-state index is 11.7. The van der Waals surface area contributed by atoms with Crippen molar-refractivity contribution in [3.63, 3.8) is 0 Å². The van der Waals surface area contributed by atoms with Gasteiger partial charge in [0.15, 0.2) is 5.16 Å². The van der Waals surface area contributed by atoms with Crippen LogP contribution >= 0.6 is 11.8 Å². The van der Waals surface area contributed by atoms with Gasteiger partial charge in [-0.1, -0.05) is 0 Å². The topological polar surface area (TPSA) is 85.9 Å². The molecule has 2 aromatic rings. The lowest BCUT2D eigenvalue weighted by Gasteiger charge is -2.13. The number of nitrogens with zero attached hydrogens (tertiary/aromatic N) is 2. The third-order valence-corrected chi connectivity index (χ3v) is 3.71. The predicted molar refractivity (Wildman–Crippen MR) is 84.0 cm³/mol. The molecule has 1 aromatic carbocycles. The summed E-state index contributed by atoms with van der Waals surface area (Å²) in [7, 11) is 0. The van der Waals surface area contributed by atoms with Crippen molar-refractivity contribution in [2.24, 2.45) is 0 Å². The van der Waals surface area contributed by atoms with Crippen LogP contribution in [0.4, 0.5) is 5.69 Å². The normalized spacial score (nSPS) is 11.3. The maximum Gasteiger partial charge on any atom is 0.344 e. The van der Waals surface area contributed by atoms with Gasteiger partial charge in [0.25, 0.3) is 0 Å². The van der Waals surface area contributed by atoms with Crippen LogP contribution in [0.1, 0.15) is 33.7 Å². The summed E-state index contributed by atoms with van der Waals surface area (Å²) in [5.74, 6) is 0.643. The number of ether oxygens (including phenoxy) is 1. The number of nitrogen functional groups attached to an aromatic ring is 1. The first-order valence-electron chi connectivity index (χ1n) is 6.79. The molecule has 0 amide bonds. The van der Waals surface area contributed by atoms with Gasteiger partial charge in [-0.3, -0.25) is 4.57 Å². The molecular weight excluding hydrogens is 288 g/mol. The van der Waals surface area contributed by atoms with E-state index in [0.29, 0.717) is 16.6 Å². The van der Waals surface area contributed by atoms with Gasteiger partial charge in [-0.2, -0.15) is 0 Å². The van der Waals surface area contributed by atoms with E-state index in [2.05, 4.69) is 10.2 Å². The molecule has 0 spiro atoms. The van der Waals surface area contributed by atoms with Crippen LogP contribution in [0.25, 0.3) is 0 Å². The van der Waals surface area contributed by atoms with Crippen molar-refractivity contribution in [1.82, 2.24) is 14.8 Å². The highest BCUT2D eigenvalue weighted by atomic mass is 32.2. The first-order chi connectivity index (χ1) is 9.88. The molecule has 0 unspecified atom stereocenters. The lowest BCUT2D eigenvalue weighted by molar-refractivity contribution is 0.243. The number of nitrogens with two attached hydrogens (primary N) is 1. The van der Waals surface area contributed by atoms with E-state index >= 15 is 0 Å². The Balaban J connectivity index is 2.30. The minimum absolute atomic E-state index is 0.0407. The van der Waals surface area contributed by atoms with Crippen molar-refractivity contribution in [3.8, 4) is 5.75 Å². The second-order valence-electron chi connectivity index (χ2n) is 5.24. The van der Waals surface area contributed by atoms with Crippen LogP contribution in [-0.2, 0) is 0 Å². The second kappa shape index (κ2) is 6.26. The standard InChI is InChI=1S/C14H20N4O2S/c1-8(2)18-13(19)16-17-14(18)21-10-5-6-11(15)12(7-10)20-9(3)4/h5-9H,15H2,1-4H3,(H,16,19). The number of hydrogen-bond donors (Lipinski definition) is 2. The lowest BCUT2D eigenvalue weighted by Crippen LogP contribution is -2.19. The van der Waals surface area contributed by atoms with E-state index < -0.39 is 0 Å². The smallest absolute Gasteiger partial charge is 0.344 e. The van der Waals surface area contributed by atoms with Gasteiger partial charge < -0.3 is 10.5 Å². The monoisotopic (exact) mass is 308 g/mol. The Labute approximate surface area is 127 Å². The molecule has 0 aliphatic heterocycles. The molecule has 114 valence electrons. The first kappa shape index (κ1) is 15.5. The van der Waals surface area contributed by atoms with E-state index in [1.807, 2.05) is 39.8 Å². The molecule has 0 bridgehead atoms. The van der Waals surface area contributed by atoms with Gasteiger partial charge in [-0.05, 0) is 57.7 Å². The maximum atomic E-state index is 11.7. The zero-order valence-corrected chi connectivity index (χ0v) is 13.4. The largest absolute Gasteiger partial charge is 0.489 e. The Morgan fingerprint density at radius 3 is 2.67 bits per heavy atom. The van der Waals surface area contributed by atoms with Crippen LogP contribution in [0.5, 0.6) is 5.75 Å². The average molecular weight is 308 g/mol. The van der Waals surface area contributed by atoms with Gasteiger partial charge in [0.2, 0.25) is 0 Å². The Hall–Kier alpha value is -1.89. The fourth-order valence-electron chi connectivity index (χ4n) is 1.86. The molecule has 3 N–H and O–H groups in total. The number of nitrogens with one attached hydrogen (secondary N) is 1. The summed E-state index contributed by atoms with van der Waals surface area (Å²) < 4.78 is 7.29. The quantitative estimate of drug-likeness (QED) is 0.829. The molecule has 2 rings (SSSR count). The van der Waals surface area contributed by atoms with Gasteiger partial charge >= 0.3 is 5.69 Å². The van der Waals surface area contributed by atoms with E-state index in [9.17, 15) is 4.79 Å². The zero-order valence-electron chi connectivity index (χ0n) is 12.6.